The molecule has 0 bridgehead atoms. The predicted octanol–water partition coefficient (Wildman–Crippen LogP) is 4.19. The van der Waals surface area contributed by atoms with Crippen LogP contribution >= 0.6 is 12.4 Å². The second-order valence-electron chi connectivity index (χ2n) is 6.73. The monoisotopic (exact) mass is 322 g/mol. The first-order chi connectivity index (χ1) is 10.2. The van der Waals surface area contributed by atoms with Crippen LogP contribution in [0.25, 0.3) is 0 Å². The van der Waals surface area contributed by atoms with Crippen LogP contribution in [0.3, 0.4) is 0 Å². The van der Waals surface area contributed by atoms with Gasteiger partial charge in [-0.15, -0.1) is 12.4 Å². The van der Waals surface area contributed by atoms with Crippen LogP contribution in [0.4, 0.5) is 11.4 Å². The minimum atomic E-state index is 0. The molecular weight excluding hydrogens is 296 g/mol. The fourth-order valence-corrected chi connectivity index (χ4v) is 3.99. The molecule has 0 radical (unpaired) electrons. The van der Waals surface area contributed by atoms with Crippen LogP contribution in [0.5, 0.6) is 0 Å². The first-order valence-electron chi connectivity index (χ1n) is 8.35. The second-order valence-corrected chi connectivity index (χ2v) is 6.73. The summed E-state index contributed by atoms with van der Waals surface area (Å²) in [5.41, 5.74) is 9.10. The summed E-state index contributed by atoms with van der Waals surface area (Å²) >= 11 is 0. The number of nitrogen functional groups attached to an aromatic ring is 1. The number of halogens is 1. The van der Waals surface area contributed by atoms with Crippen molar-refractivity contribution < 1.29 is 4.79 Å². The van der Waals surface area contributed by atoms with E-state index in [0.29, 0.717) is 0 Å². The van der Waals surface area contributed by atoms with E-state index in [2.05, 4.69) is 6.92 Å². The number of carbonyl (C=O) groups is 1. The summed E-state index contributed by atoms with van der Waals surface area (Å²) in [7, 11) is 0. The van der Waals surface area contributed by atoms with Gasteiger partial charge in [0.15, 0.2) is 0 Å². The van der Waals surface area contributed by atoms with Crippen LogP contribution in [0.15, 0.2) is 18.2 Å². The van der Waals surface area contributed by atoms with E-state index in [0.717, 1.165) is 48.7 Å². The molecule has 1 heterocycles. The molecule has 2 N–H and O–H groups in total. The highest BCUT2D eigenvalue weighted by Gasteiger charge is 2.29. The molecule has 122 valence electrons. The van der Waals surface area contributed by atoms with Crippen LogP contribution in [0, 0.1) is 11.8 Å². The van der Waals surface area contributed by atoms with Gasteiger partial charge in [0, 0.05) is 23.8 Å². The Morgan fingerprint density at radius 3 is 2.77 bits per heavy atom. The SMILES string of the molecule is CC(CC1CCCC1)C(=O)N1CCCc2c(N)cccc21.Cl. The Kier molecular flexibility index (Phi) is 5.74. The van der Waals surface area contributed by atoms with E-state index in [9.17, 15) is 4.79 Å². The van der Waals surface area contributed by atoms with E-state index in [1.807, 2.05) is 23.1 Å². The lowest BCUT2D eigenvalue weighted by atomic mass is 9.92. The molecule has 3 nitrogen and oxygen atoms in total. The lowest BCUT2D eigenvalue weighted by molar-refractivity contribution is -0.122. The van der Waals surface area contributed by atoms with Crippen molar-refractivity contribution in [1.29, 1.82) is 0 Å². The van der Waals surface area contributed by atoms with Gasteiger partial charge in [-0.3, -0.25) is 4.79 Å². The van der Waals surface area contributed by atoms with Crippen LogP contribution in [-0.2, 0) is 11.2 Å². The normalized spacial score (nSPS) is 19.4. The maximum absolute atomic E-state index is 12.8. The molecule has 4 heteroatoms. The van der Waals surface area contributed by atoms with Gasteiger partial charge in [-0.2, -0.15) is 0 Å². The number of benzene rings is 1. The summed E-state index contributed by atoms with van der Waals surface area (Å²) in [5, 5.41) is 0. The minimum Gasteiger partial charge on any atom is -0.398 e. The number of rotatable bonds is 3. The molecule has 1 saturated carbocycles. The maximum atomic E-state index is 12.8. The van der Waals surface area contributed by atoms with Crippen LogP contribution in [0.2, 0.25) is 0 Å². The fraction of sp³-hybridized carbons (Fsp3) is 0.611. The highest BCUT2D eigenvalue weighted by Crippen LogP contribution is 2.34. The zero-order valence-electron chi connectivity index (χ0n) is 13.4. The number of nitrogens with zero attached hydrogens (tertiary/aromatic N) is 1. The number of amides is 1. The van der Waals surface area contributed by atoms with Crippen molar-refractivity contribution >= 4 is 29.7 Å². The van der Waals surface area contributed by atoms with Crippen molar-refractivity contribution in [3.05, 3.63) is 23.8 Å². The maximum Gasteiger partial charge on any atom is 0.229 e. The Labute approximate surface area is 139 Å². The third kappa shape index (κ3) is 3.40. The van der Waals surface area contributed by atoms with E-state index in [-0.39, 0.29) is 24.2 Å². The predicted molar refractivity (Wildman–Crippen MR) is 94.5 cm³/mol. The van der Waals surface area contributed by atoms with Gasteiger partial charge in [-0.1, -0.05) is 38.7 Å². The molecule has 0 saturated heterocycles. The minimum absolute atomic E-state index is 0. The Hall–Kier alpha value is -1.22. The number of hydrogen-bond acceptors (Lipinski definition) is 2. The Bertz CT molecular complexity index is 526. The molecule has 1 aliphatic heterocycles. The van der Waals surface area contributed by atoms with Crippen molar-refractivity contribution in [1.82, 2.24) is 0 Å². The zero-order chi connectivity index (χ0) is 14.8. The molecular formula is C18H27ClN2O. The summed E-state index contributed by atoms with van der Waals surface area (Å²) < 4.78 is 0. The summed E-state index contributed by atoms with van der Waals surface area (Å²) in [6.45, 7) is 2.94. The summed E-state index contributed by atoms with van der Waals surface area (Å²) in [4.78, 5) is 14.8. The molecule has 22 heavy (non-hydrogen) atoms. The first kappa shape index (κ1) is 17.1. The van der Waals surface area contributed by atoms with E-state index < -0.39 is 0 Å². The van der Waals surface area contributed by atoms with E-state index in [1.165, 1.54) is 25.7 Å². The van der Waals surface area contributed by atoms with E-state index in [1.54, 1.807) is 0 Å². The standard InChI is InChI=1S/C18H26N2O.ClH/c1-13(12-14-6-2-3-7-14)18(21)20-11-5-8-15-16(19)9-4-10-17(15)20;/h4,9-10,13-14H,2-3,5-8,11-12,19H2,1H3;1H. The molecule has 1 aliphatic carbocycles. The Morgan fingerprint density at radius 1 is 1.32 bits per heavy atom. The third-order valence-electron chi connectivity index (χ3n) is 5.14. The van der Waals surface area contributed by atoms with Crippen LogP contribution < -0.4 is 10.6 Å². The highest BCUT2D eigenvalue weighted by molar-refractivity contribution is 5.96. The number of anilines is 2. The van der Waals surface area contributed by atoms with Gasteiger partial charge in [0.1, 0.15) is 0 Å². The van der Waals surface area contributed by atoms with Crippen LogP contribution in [0.1, 0.15) is 51.0 Å². The number of hydrogen-bond donors (Lipinski definition) is 1. The second kappa shape index (κ2) is 7.36. The molecule has 0 aromatic heterocycles. The van der Waals surface area contributed by atoms with Crippen molar-refractivity contribution in [3.8, 4) is 0 Å². The molecule has 1 unspecified atom stereocenters. The average Bonchev–Trinajstić information content (AvgIpc) is 2.99. The van der Waals surface area contributed by atoms with Gasteiger partial charge in [-0.25, -0.2) is 0 Å². The largest absolute Gasteiger partial charge is 0.398 e. The summed E-state index contributed by atoms with van der Waals surface area (Å²) in [6.07, 6.45) is 8.35. The zero-order valence-corrected chi connectivity index (χ0v) is 14.2. The molecule has 1 aromatic carbocycles. The van der Waals surface area contributed by atoms with E-state index in [4.69, 9.17) is 5.73 Å². The molecule has 1 fully saturated rings. The van der Waals surface area contributed by atoms with Crippen molar-refractivity contribution in [2.45, 2.75) is 51.9 Å². The summed E-state index contributed by atoms with van der Waals surface area (Å²) in [6, 6.07) is 5.95. The molecule has 0 spiro atoms. The fourth-order valence-electron chi connectivity index (χ4n) is 3.99. The first-order valence-corrected chi connectivity index (χ1v) is 8.35. The van der Waals surface area contributed by atoms with Gasteiger partial charge >= 0.3 is 0 Å². The number of carbonyl (C=O) groups excluding carboxylic acids is 1. The topological polar surface area (TPSA) is 46.3 Å². The smallest absolute Gasteiger partial charge is 0.229 e. The lowest BCUT2D eigenvalue weighted by Gasteiger charge is -2.32. The van der Waals surface area contributed by atoms with Gasteiger partial charge in [-0.05, 0) is 42.9 Å². The highest BCUT2D eigenvalue weighted by atomic mass is 35.5. The Balaban J connectivity index is 0.00000176. The summed E-state index contributed by atoms with van der Waals surface area (Å²) in [5.74, 6) is 1.17. The van der Waals surface area contributed by atoms with E-state index >= 15 is 0 Å². The Morgan fingerprint density at radius 2 is 2.05 bits per heavy atom. The molecule has 1 aromatic rings. The quantitative estimate of drug-likeness (QED) is 0.848. The molecule has 1 atom stereocenters. The van der Waals surface area contributed by atoms with Gasteiger partial charge in [0.25, 0.3) is 0 Å². The van der Waals surface area contributed by atoms with Crippen molar-refractivity contribution in [3.63, 3.8) is 0 Å². The van der Waals surface area contributed by atoms with Gasteiger partial charge < -0.3 is 10.6 Å². The lowest BCUT2D eigenvalue weighted by Crippen LogP contribution is -2.39. The van der Waals surface area contributed by atoms with Crippen molar-refractivity contribution in [2.75, 3.05) is 17.2 Å². The number of nitrogens with two attached hydrogens (primary N) is 1. The molecule has 2 aliphatic rings. The molecule has 3 rings (SSSR count). The third-order valence-corrected chi connectivity index (χ3v) is 5.14. The van der Waals surface area contributed by atoms with Crippen LogP contribution in [-0.4, -0.2) is 12.5 Å². The average molecular weight is 323 g/mol. The molecule has 1 amide bonds. The van der Waals surface area contributed by atoms with Gasteiger partial charge in [0.05, 0.1) is 0 Å². The number of fused-ring (bicyclic) bond motifs is 1. The van der Waals surface area contributed by atoms with Gasteiger partial charge in [0.2, 0.25) is 5.91 Å². The van der Waals surface area contributed by atoms with Crippen molar-refractivity contribution in [2.24, 2.45) is 11.8 Å².